The monoisotopic (exact) mass is 376 g/mol. The first-order valence-corrected chi connectivity index (χ1v) is 9.44. The molecule has 28 heavy (non-hydrogen) atoms. The number of H-pyrrole nitrogens is 1. The lowest BCUT2D eigenvalue weighted by atomic mass is 9.98. The van der Waals surface area contributed by atoms with Gasteiger partial charge in [0.2, 0.25) is 5.91 Å². The van der Waals surface area contributed by atoms with Gasteiger partial charge < -0.3 is 9.88 Å². The molecular weight excluding hydrogens is 355 g/mol. The van der Waals surface area contributed by atoms with Gasteiger partial charge in [0.1, 0.15) is 5.82 Å². The van der Waals surface area contributed by atoms with E-state index in [2.05, 4.69) is 4.98 Å². The summed E-state index contributed by atoms with van der Waals surface area (Å²) < 4.78 is 13.4. The highest BCUT2D eigenvalue weighted by molar-refractivity contribution is 5.98. The third kappa shape index (κ3) is 3.74. The predicted octanol–water partition coefficient (Wildman–Crippen LogP) is 4.59. The molecule has 0 atom stereocenters. The minimum Gasteiger partial charge on any atom is -0.360 e. The number of halogens is 1. The number of ketones is 1. The average Bonchev–Trinajstić information content (AvgIpc) is 3.15. The van der Waals surface area contributed by atoms with Gasteiger partial charge in [-0.25, -0.2) is 4.39 Å². The molecule has 0 aliphatic carbocycles. The number of hydrogen-bond acceptors (Lipinski definition) is 2. The van der Waals surface area contributed by atoms with Gasteiger partial charge in [-0.05, 0) is 30.2 Å². The van der Waals surface area contributed by atoms with Crippen molar-refractivity contribution >= 4 is 28.2 Å². The molecule has 0 unspecified atom stereocenters. The van der Waals surface area contributed by atoms with Crippen molar-refractivity contribution in [2.75, 3.05) is 13.1 Å². The van der Waals surface area contributed by atoms with Crippen LogP contribution in [0.15, 0.2) is 60.8 Å². The van der Waals surface area contributed by atoms with Crippen molar-refractivity contribution < 1.29 is 14.0 Å². The van der Waals surface area contributed by atoms with Crippen molar-refractivity contribution in [3.05, 3.63) is 77.7 Å². The number of fused-ring (bicyclic) bond motifs is 1. The second-order valence-electron chi connectivity index (χ2n) is 7.00. The number of hydrogen-bond donors (Lipinski definition) is 1. The summed E-state index contributed by atoms with van der Waals surface area (Å²) >= 11 is 0. The van der Waals surface area contributed by atoms with Gasteiger partial charge in [-0.15, -0.1) is 0 Å². The second kappa shape index (κ2) is 7.80. The molecule has 1 N–H and O–H groups in total. The summed E-state index contributed by atoms with van der Waals surface area (Å²) in [5.41, 5.74) is 3.63. The number of nitrogens with zero attached hydrogens (tertiary/aromatic N) is 1. The Balaban J connectivity index is 1.38. The van der Waals surface area contributed by atoms with Gasteiger partial charge in [0.15, 0.2) is 5.78 Å². The summed E-state index contributed by atoms with van der Waals surface area (Å²) in [7, 11) is 0. The Bertz CT molecular complexity index is 1050. The van der Waals surface area contributed by atoms with E-state index < -0.39 is 0 Å². The summed E-state index contributed by atoms with van der Waals surface area (Å²) in [5.74, 6) is -0.269. The quantitative estimate of drug-likeness (QED) is 0.663. The number of nitrogens with one attached hydrogen (secondary N) is 1. The topological polar surface area (TPSA) is 53.2 Å². The fraction of sp³-hybridized carbons (Fsp3) is 0.217. The number of aromatic nitrogens is 1. The van der Waals surface area contributed by atoms with E-state index in [9.17, 15) is 14.0 Å². The summed E-state index contributed by atoms with van der Waals surface area (Å²) in [6.07, 6.45) is 5.13. The van der Waals surface area contributed by atoms with Gasteiger partial charge in [0, 0.05) is 54.2 Å². The lowest BCUT2D eigenvalue weighted by molar-refractivity contribution is -0.130. The first-order valence-electron chi connectivity index (χ1n) is 9.44. The molecule has 4 rings (SSSR count). The molecule has 0 spiro atoms. The average molecular weight is 376 g/mol. The number of amides is 1. The predicted molar refractivity (Wildman–Crippen MR) is 107 cm³/mol. The third-order valence-corrected chi connectivity index (χ3v) is 5.21. The Morgan fingerprint density at radius 2 is 1.89 bits per heavy atom. The highest BCUT2D eigenvalue weighted by Crippen LogP contribution is 2.29. The normalized spacial score (nSPS) is 14.2. The fourth-order valence-electron chi connectivity index (χ4n) is 3.65. The fourth-order valence-corrected chi connectivity index (χ4v) is 3.65. The smallest absolute Gasteiger partial charge is 0.223 e. The van der Waals surface area contributed by atoms with E-state index in [-0.39, 0.29) is 30.3 Å². The highest BCUT2D eigenvalue weighted by Gasteiger charge is 2.20. The third-order valence-electron chi connectivity index (χ3n) is 5.21. The molecule has 0 saturated carbocycles. The minimum atomic E-state index is -0.264. The van der Waals surface area contributed by atoms with Gasteiger partial charge in [0.25, 0.3) is 0 Å². The van der Waals surface area contributed by atoms with Crippen LogP contribution in [0.4, 0.5) is 4.39 Å². The molecule has 1 aliphatic rings. The van der Waals surface area contributed by atoms with E-state index in [4.69, 9.17) is 0 Å². The van der Waals surface area contributed by atoms with E-state index in [1.165, 1.54) is 12.1 Å². The lowest BCUT2D eigenvalue weighted by Crippen LogP contribution is -2.34. The zero-order chi connectivity index (χ0) is 19.5. The maximum absolute atomic E-state index is 13.4. The molecule has 1 aromatic heterocycles. The van der Waals surface area contributed by atoms with Crippen LogP contribution in [0.3, 0.4) is 0 Å². The summed E-state index contributed by atoms with van der Waals surface area (Å²) in [5, 5.41) is 0.987. The van der Waals surface area contributed by atoms with Crippen molar-refractivity contribution in [1.82, 2.24) is 9.88 Å². The van der Waals surface area contributed by atoms with Crippen molar-refractivity contribution in [2.45, 2.75) is 19.3 Å². The molecule has 2 aromatic carbocycles. The van der Waals surface area contributed by atoms with Crippen molar-refractivity contribution in [3.8, 4) is 0 Å². The zero-order valence-corrected chi connectivity index (χ0v) is 15.5. The zero-order valence-electron chi connectivity index (χ0n) is 15.5. The molecule has 3 aromatic rings. The molecule has 0 saturated heterocycles. The summed E-state index contributed by atoms with van der Waals surface area (Å²) in [4.78, 5) is 29.5. The second-order valence-corrected chi connectivity index (χ2v) is 7.00. The van der Waals surface area contributed by atoms with Crippen LogP contribution in [0, 0.1) is 5.82 Å². The van der Waals surface area contributed by atoms with Gasteiger partial charge in [-0.1, -0.05) is 36.4 Å². The van der Waals surface area contributed by atoms with E-state index in [1.807, 2.05) is 30.5 Å². The lowest BCUT2D eigenvalue weighted by Gasteiger charge is -2.26. The van der Waals surface area contributed by atoms with Gasteiger partial charge in [-0.3, -0.25) is 9.59 Å². The Morgan fingerprint density at radius 3 is 2.64 bits per heavy atom. The van der Waals surface area contributed by atoms with Gasteiger partial charge in [0.05, 0.1) is 0 Å². The van der Waals surface area contributed by atoms with Crippen molar-refractivity contribution in [1.29, 1.82) is 0 Å². The molecule has 0 fully saturated rings. The highest BCUT2D eigenvalue weighted by atomic mass is 19.1. The summed E-state index contributed by atoms with van der Waals surface area (Å²) in [6.45, 7) is 1.15. The number of Topliss-reactive ketones (excluding diaryl/α,β-unsaturated/α-hetero) is 1. The van der Waals surface area contributed by atoms with E-state index >= 15 is 0 Å². The number of carbonyl (C=O) groups is 2. The maximum atomic E-state index is 13.4. The maximum Gasteiger partial charge on any atom is 0.223 e. The summed E-state index contributed by atoms with van der Waals surface area (Å²) in [6, 6.07) is 13.8. The number of benzene rings is 2. The molecular formula is C23H21FN2O2. The van der Waals surface area contributed by atoms with Crippen LogP contribution in [0.5, 0.6) is 0 Å². The number of carbonyl (C=O) groups excluding carboxylic acids is 2. The van der Waals surface area contributed by atoms with Crippen LogP contribution in [0.2, 0.25) is 0 Å². The minimum absolute atomic E-state index is 0.000536. The van der Waals surface area contributed by atoms with Crippen LogP contribution >= 0.6 is 0 Å². The van der Waals surface area contributed by atoms with E-state index in [0.29, 0.717) is 18.7 Å². The van der Waals surface area contributed by atoms with Crippen LogP contribution in [0.25, 0.3) is 16.5 Å². The first-order chi connectivity index (χ1) is 13.6. The van der Waals surface area contributed by atoms with E-state index in [1.54, 1.807) is 23.1 Å². The standard InChI is InChI=1S/C23H21FN2O2/c24-18-6-7-19-20(15-25-21(19)14-18)16-10-12-26(13-11-16)23(28)9-8-22(27)17-4-2-1-3-5-17/h1-7,10,14-15,25H,8-9,11-13H2. The Kier molecular flexibility index (Phi) is 5.06. The molecule has 0 bridgehead atoms. The van der Waals surface area contributed by atoms with Crippen LogP contribution in [-0.4, -0.2) is 34.7 Å². The Morgan fingerprint density at radius 1 is 1.07 bits per heavy atom. The SMILES string of the molecule is O=C(CCC(=O)N1CC=C(c2c[nH]c3cc(F)ccc23)CC1)c1ccccc1. The molecule has 5 heteroatoms. The molecule has 1 aliphatic heterocycles. The van der Waals surface area contributed by atoms with E-state index in [0.717, 1.165) is 28.5 Å². The Labute approximate surface area is 162 Å². The number of rotatable bonds is 5. The van der Waals surface area contributed by atoms with Gasteiger partial charge in [-0.2, -0.15) is 0 Å². The van der Waals surface area contributed by atoms with Crippen molar-refractivity contribution in [2.24, 2.45) is 0 Å². The Hall–Kier alpha value is -3.21. The largest absolute Gasteiger partial charge is 0.360 e. The molecule has 2 heterocycles. The van der Waals surface area contributed by atoms with Gasteiger partial charge >= 0.3 is 0 Å². The first kappa shape index (κ1) is 18.2. The van der Waals surface area contributed by atoms with Crippen LogP contribution in [0.1, 0.15) is 35.2 Å². The molecule has 1 amide bonds. The number of aromatic amines is 1. The van der Waals surface area contributed by atoms with Crippen LogP contribution in [-0.2, 0) is 4.79 Å². The van der Waals surface area contributed by atoms with Crippen molar-refractivity contribution in [3.63, 3.8) is 0 Å². The van der Waals surface area contributed by atoms with Crippen LogP contribution < -0.4 is 0 Å². The molecule has 0 radical (unpaired) electrons. The molecule has 142 valence electrons. The molecule has 4 nitrogen and oxygen atoms in total.